The minimum atomic E-state index is -1.27. The number of aliphatic hydroxyl groups excluding tert-OH is 2. The molecule has 4 bridgehead atoms. The maximum Gasteiger partial charge on any atom is 0.316 e. The maximum absolute atomic E-state index is 12.7. The van der Waals surface area contributed by atoms with E-state index in [-0.39, 0.29) is 11.8 Å². The normalized spacial score (nSPS) is 58.0. The van der Waals surface area contributed by atoms with Crippen molar-refractivity contribution in [2.24, 2.45) is 34.5 Å². The predicted molar refractivity (Wildman–Crippen MR) is 85.1 cm³/mol. The zero-order valence-corrected chi connectivity index (χ0v) is 14.0. The smallest absolute Gasteiger partial charge is 0.316 e. The highest BCUT2D eigenvalue weighted by atomic mass is 16.6. The van der Waals surface area contributed by atoms with Crippen molar-refractivity contribution in [1.29, 1.82) is 0 Å². The third-order valence-electron chi connectivity index (χ3n) is 8.07. The predicted octanol–water partition coefficient (Wildman–Crippen LogP) is 0.883. The first-order valence-corrected chi connectivity index (χ1v) is 8.88. The van der Waals surface area contributed by atoms with Crippen LogP contribution in [0.1, 0.15) is 26.2 Å². The molecule has 1 spiro atoms. The Morgan fingerprint density at radius 3 is 2.80 bits per heavy atom. The number of hydrogen-bond acceptors (Lipinski definition) is 5. The van der Waals surface area contributed by atoms with Gasteiger partial charge >= 0.3 is 11.9 Å². The van der Waals surface area contributed by atoms with E-state index >= 15 is 0 Å². The molecule has 0 aromatic heterocycles. The number of carboxylic acids is 1. The van der Waals surface area contributed by atoms with Gasteiger partial charge in [0.05, 0.1) is 18.1 Å². The van der Waals surface area contributed by atoms with Gasteiger partial charge in [-0.1, -0.05) is 18.2 Å². The van der Waals surface area contributed by atoms with Crippen LogP contribution in [0, 0.1) is 34.5 Å². The molecule has 5 aliphatic rings. The number of ether oxygens (including phenoxy) is 1. The molecule has 3 saturated carbocycles. The van der Waals surface area contributed by atoms with Gasteiger partial charge in [-0.05, 0) is 37.7 Å². The first-order valence-electron chi connectivity index (χ1n) is 8.88. The molecule has 6 heteroatoms. The second-order valence-electron chi connectivity index (χ2n) is 8.86. The summed E-state index contributed by atoms with van der Waals surface area (Å²) in [5.41, 5.74) is -2.00. The van der Waals surface area contributed by atoms with E-state index < -0.39 is 52.4 Å². The van der Waals surface area contributed by atoms with Crippen molar-refractivity contribution in [2.75, 3.05) is 0 Å². The number of esters is 1. The maximum atomic E-state index is 12.7. The van der Waals surface area contributed by atoms with E-state index in [1.165, 1.54) is 0 Å². The molecular formula is C19H22O6. The van der Waals surface area contributed by atoms with Gasteiger partial charge in [-0.3, -0.25) is 9.59 Å². The fourth-order valence-corrected chi connectivity index (χ4v) is 7.13. The number of carbonyl (C=O) groups is 2. The van der Waals surface area contributed by atoms with Crippen LogP contribution in [-0.2, 0) is 14.3 Å². The Balaban J connectivity index is 1.78. The lowest BCUT2D eigenvalue weighted by atomic mass is 9.61. The van der Waals surface area contributed by atoms with Gasteiger partial charge in [0.25, 0.3) is 0 Å². The van der Waals surface area contributed by atoms with Crippen molar-refractivity contribution in [1.82, 2.24) is 0 Å². The molecule has 1 saturated heterocycles. The summed E-state index contributed by atoms with van der Waals surface area (Å²) >= 11 is 0. The summed E-state index contributed by atoms with van der Waals surface area (Å²) in [5, 5.41) is 31.3. The van der Waals surface area contributed by atoms with Gasteiger partial charge in [0.15, 0.2) is 0 Å². The van der Waals surface area contributed by atoms with Crippen LogP contribution in [0.5, 0.6) is 0 Å². The molecule has 0 amide bonds. The van der Waals surface area contributed by atoms with Crippen molar-refractivity contribution in [3.8, 4) is 0 Å². The first kappa shape index (κ1) is 15.6. The Morgan fingerprint density at radius 1 is 1.40 bits per heavy atom. The van der Waals surface area contributed by atoms with Crippen LogP contribution in [0.25, 0.3) is 0 Å². The number of aliphatic hydroxyl groups is 2. The molecule has 1 aliphatic heterocycles. The van der Waals surface area contributed by atoms with Crippen molar-refractivity contribution in [3.63, 3.8) is 0 Å². The number of rotatable bonds is 1. The van der Waals surface area contributed by atoms with Gasteiger partial charge in [-0.2, -0.15) is 0 Å². The Hall–Kier alpha value is -1.66. The highest BCUT2D eigenvalue weighted by Gasteiger charge is 2.83. The summed E-state index contributed by atoms with van der Waals surface area (Å²) in [7, 11) is 0. The van der Waals surface area contributed by atoms with Gasteiger partial charge in [0.1, 0.15) is 11.0 Å². The van der Waals surface area contributed by atoms with Crippen LogP contribution < -0.4 is 0 Å². The van der Waals surface area contributed by atoms with E-state index in [2.05, 4.69) is 6.58 Å². The van der Waals surface area contributed by atoms with Crippen molar-refractivity contribution < 1.29 is 29.6 Å². The lowest BCUT2D eigenvalue weighted by Gasteiger charge is -2.44. The summed E-state index contributed by atoms with van der Waals surface area (Å²) in [5.74, 6) is -3.29. The third kappa shape index (κ3) is 1.40. The fourth-order valence-electron chi connectivity index (χ4n) is 7.13. The molecule has 134 valence electrons. The molecule has 4 fully saturated rings. The largest absolute Gasteiger partial charge is 0.481 e. The summed E-state index contributed by atoms with van der Waals surface area (Å²) in [6.07, 6.45) is 3.11. The van der Waals surface area contributed by atoms with Crippen molar-refractivity contribution in [3.05, 3.63) is 24.3 Å². The Labute approximate surface area is 145 Å². The van der Waals surface area contributed by atoms with Crippen LogP contribution in [0.15, 0.2) is 24.3 Å². The zero-order chi connectivity index (χ0) is 17.9. The average molecular weight is 346 g/mol. The number of carbonyl (C=O) groups excluding carboxylic acids is 1. The Kier molecular flexibility index (Phi) is 2.60. The van der Waals surface area contributed by atoms with Crippen LogP contribution >= 0.6 is 0 Å². The highest BCUT2D eigenvalue weighted by molar-refractivity contribution is 5.86. The monoisotopic (exact) mass is 346 g/mol. The van der Waals surface area contributed by atoms with E-state index in [1.807, 2.05) is 0 Å². The van der Waals surface area contributed by atoms with E-state index in [1.54, 1.807) is 19.1 Å². The molecule has 25 heavy (non-hydrogen) atoms. The average Bonchev–Trinajstić information content (AvgIpc) is 3.02. The minimum absolute atomic E-state index is 0.0920. The fraction of sp³-hybridized carbons (Fsp3) is 0.684. The van der Waals surface area contributed by atoms with Crippen LogP contribution in [-0.4, -0.2) is 45.1 Å². The van der Waals surface area contributed by atoms with Gasteiger partial charge < -0.3 is 20.1 Å². The van der Waals surface area contributed by atoms with E-state index in [4.69, 9.17) is 4.74 Å². The molecule has 1 heterocycles. The molecule has 9 atom stereocenters. The minimum Gasteiger partial charge on any atom is -0.481 e. The van der Waals surface area contributed by atoms with Gasteiger partial charge in [-0.25, -0.2) is 0 Å². The second-order valence-corrected chi connectivity index (χ2v) is 8.86. The van der Waals surface area contributed by atoms with Crippen molar-refractivity contribution in [2.45, 2.75) is 44.0 Å². The summed E-state index contributed by atoms with van der Waals surface area (Å²) in [4.78, 5) is 25.1. The molecule has 3 N–H and O–H groups in total. The number of hydrogen-bond donors (Lipinski definition) is 3. The first-order chi connectivity index (χ1) is 11.7. The topological polar surface area (TPSA) is 104 Å². The standard InChI is InChI=1S/C19H22O6/c1-8-6-18-7-9(8)10(20)5-11(18)19-4-3-12(21)17(2,16(24)25-19)14(19)13(18)15(22)23/h3-4,9-14,20-21H,1,5-7H2,2H3,(H,22,23). The Bertz CT molecular complexity index is 757. The van der Waals surface area contributed by atoms with E-state index in [0.717, 1.165) is 5.57 Å². The van der Waals surface area contributed by atoms with Gasteiger partial charge in [-0.15, -0.1) is 0 Å². The van der Waals surface area contributed by atoms with Crippen molar-refractivity contribution >= 4 is 11.9 Å². The van der Waals surface area contributed by atoms with Gasteiger partial charge in [0, 0.05) is 17.8 Å². The molecule has 0 aromatic carbocycles. The molecule has 9 unspecified atom stereocenters. The molecular weight excluding hydrogens is 324 g/mol. The molecule has 0 radical (unpaired) electrons. The second kappa shape index (κ2) is 4.18. The summed E-state index contributed by atoms with van der Waals surface area (Å²) in [6.45, 7) is 5.72. The lowest BCUT2D eigenvalue weighted by Crippen LogP contribution is -2.50. The Morgan fingerprint density at radius 2 is 2.12 bits per heavy atom. The van der Waals surface area contributed by atoms with Crippen LogP contribution in [0.4, 0.5) is 0 Å². The lowest BCUT2D eigenvalue weighted by molar-refractivity contribution is -0.163. The highest BCUT2D eigenvalue weighted by Crippen LogP contribution is 2.76. The van der Waals surface area contributed by atoms with E-state index in [0.29, 0.717) is 19.3 Å². The molecule has 5 rings (SSSR count). The van der Waals surface area contributed by atoms with Crippen LogP contribution in [0.3, 0.4) is 0 Å². The SMILES string of the molecule is C=C1CC23CC1C(O)CC2C12C=CC(O)C(C)(C(=O)O1)C2C3C(=O)O. The number of fused-ring (bicyclic) bond motifs is 1. The number of carboxylic acid groups (broad SMARTS) is 1. The molecule has 6 nitrogen and oxygen atoms in total. The molecule has 0 aromatic rings. The zero-order valence-electron chi connectivity index (χ0n) is 14.0. The molecule has 4 aliphatic carbocycles. The van der Waals surface area contributed by atoms with Gasteiger partial charge in [0.2, 0.25) is 0 Å². The van der Waals surface area contributed by atoms with Crippen LogP contribution in [0.2, 0.25) is 0 Å². The number of aliphatic carboxylic acids is 1. The quantitative estimate of drug-likeness (QED) is 0.481. The van der Waals surface area contributed by atoms with E-state index in [9.17, 15) is 24.9 Å². The third-order valence-corrected chi connectivity index (χ3v) is 8.07. The summed E-state index contributed by atoms with van der Waals surface area (Å²) < 4.78 is 5.86. The summed E-state index contributed by atoms with van der Waals surface area (Å²) in [6, 6.07) is 0.